The van der Waals surface area contributed by atoms with Gasteiger partial charge in [0, 0.05) is 25.7 Å². The molecule has 2 amide bonds. The number of anilines is 2. The molecule has 2 heterocycles. The first kappa shape index (κ1) is 29.6. The number of aromatic nitrogens is 1. The van der Waals surface area contributed by atoms with Crippen molar-refractivity contribution in [2.75, 3.05) is 37.0 Å². The molecular weight excluding hydrogens is 506 g/mol. The lowest BCUT2D eigenvalue weighted by Crippen LogP contribution is -2.43. The van der Waals surface area contributed by atoms with Crippen molar-refractivity contribution in [3.8, 4) is 11.5 Å². The summed E-state index contributed by atoms with van der Waals surface area (Å²) in [7, 11) is 3.70. The third kappa shape index (κ3) is 7.65. The fourth-order valence-corrected chi connectivity index (χ4v) is 5.62. The molecule has 2 N–H and O–H groups in total. The summed E-state index contributed by atoms with van der Waals surface area (Å²) >= 11 is 0. The molecule has 40 heavy (non-hydrogen) atoms. The van der Waals surface area contributed by atoms with E-state index in [-0.39, 0.29) is 24.0 Å². The Morgan fingerprint density at radius 1 is 1.10 bits per heavy atom. The SMILES string of the molecule is COc1cc2c(cc1OC(C)C)CN(c1ccc(N(C)CC3CCC(NCC(=O)NC(C)C)CC3)nc1)C(=O)C2. The summed E-state index contributed by atoms with van der Waals surface area (Å²) in [6, 6.07) is 8.47. The molecule has 0 saturated heterocycles. The lowest BCUT2D eigenvalue weighted by molar-refractivity contribution is -0.121. The van der Waals surface area contributed by atoms with E-state index in [2.05, 4.69) is 22.6 Å². The molecule has 2 aliphatic rings. The van der Waals surface area contributed by atoms with Crippen molar-refractivity contribution in [3.05, 3.63) is 41.6 Å². The summed E-state index contributed by atoms with van der Waals surface area (Å²) in [6.45, 7) is 9.71. The number of carbonyl (C=O) groups is 2. The van der Waals surface area contributed by atoms with Gasteiger partial charge in [0.05, 0.1) is 44.6 Å². The van der Waals surface area contributed by atoms with Gasteiger partial charge >= 0.3 is 0 Å². The molecule has 0 unspecified atom stereocenters. The molecule has 0 spiro atoms. The number of amides is 2. The predicted octanol–water partition coefficient (Wildman–Crippen LogP) is 4.08. The van der Waals surface area contributed by atoms with Crippen LogP contribution in [-0.2, 0) is 22.6 Å². The number of carbonyl (C=O) groups excluding carboxylic acids is 2. The van der Waals surface area contributed by atoms with E-state index in [9.17, 15) is 9.59 Å². The Bertz CT molecular complexity index is 1160. The minimum absolute atomic E-state index is 0.0245. The van der Waals surface area contributed by atoms with Gasteiger partial charge in [-0.25, -0.2) is 4.98 Å². The first-order valence-electron chi connectivity index (χ1n) is 14.5. The Balaban J connectivity index is 1.31. The van der Waals surface area contributed by atoms with E-state index < -0.39 is 0 Å². The van der Waals surface area contributed by atoms with Crippen LogP contribution >= 0.6 is 0 Å². The molecule has 9 nitrogen and oxygen atoms in total. The van der Waals surface area contributed by atoms with Gasteiger partial charge in [-0.15, -0.1) is 0 Å². The van der Waals surface area contributed by atoms with E-state index in [1.165, 1.54) is 0 Å². The predicted molar refractivity (Wildman–Crippen MR) is 158 cm³/mol. The normalized spacial score (nSPS) is 19.0. The second-order valence-electron chi connectivity index (χ2n) is 11.7. The zero-order chi connectivity index (χ0) is 28.8. The van der Waals surface area contributed by atoms with Crippen molar-refractivity contribution in [1.29, 1.82) is 0 Å². The number of fused-ring (bicyclic) bond motifs is 1. The summed E-state index contributed by atoms with van der Waals surface area (Å²) in [5.41, 5.74) is 2.83. The number of methoxy groups -OCH3 is 1. The number of hydrogen-bond donors (Lipinski definition) is 2. The Labute approximate surface area is 238 Å². The van der Waals surface area contributed by atoms with Gasteiger partial charge in [0.25, 0.3) is 0 Å². The van der Waals surface area contributed by atoms with Crippen molar-refractivity contribution in [2.24, 2.45) is 5.92 Å². The minimum atomic E-state index is 0.0245. The van der Waals surface area contributed by atoms with Crippen LogP contribution in [-0.4, -0.2) is 62.2 Å². The van der Waals surface area contributed by atoms with Crippen LogP contribution in [0, 0.1) is 5.92 Å². The number of pyridine rings is 1. The maximum absolute atomic E-state index is 13.0. The van der Waals surface area contributed by atoms with Crippen LogP contribution in [0.3, 0.4) is 0 Å². The van der Waals surface area contributed by atoms with E-state index in [0.29, 0.717) is 43.0 Å². The summed E-state index contributed by atoms with van der Waals surface area (Å²) in [5.74, 6) is 2.95. The molecule has 0 radical (unpaired) electrons. The van der Waals surface area contributed by atoms with Crippen molar-refractivity contribution >= 4 is 23.3 Å². The standard InChI is InChI=1S/C31H45N5O4/c1-20(2)34-30(37)17-32-25-9-7-22(8-10-25)18-35(5)29-12-11-26(16-33-29)36-19-24-14-28(40-21(3)4)27(39-6)13-23(24)15-31(36)38/h11-14,16,20-22,25,32H,7-10,15,17-19H2,1-6H3,(H,34,37). The highest BCUT2D eigenvalue weighted by molar-refractivity contribution is 5.96. The van der Waals surface area contributed by atoms with Crippen LogP contribution in [0.5, 0.6) is 11.5 Å². The molecule has 2 aromatic rings. The number of rotatable bonds is 11. The fraction of sp³-hybridized carbons (Fsp3) is 0.581. The molecule has 1 fully saturated rings. The van der Waals surface area contributed by atoms with Crippen molar-refractivity contribution < 1.29 is 19.1 Å². The molecule has 1 aromatic carbocycles. The first-order valence-corrected chi connectivity index (χ1v) is 14.5. The smallest absolute Gasteiger partial charge is 0.234 e. The van der Waals surface area contributed by atoms with Gasteiger partial charge in [0.2, 0.25) is 11.8 Å². The van der Waals surface area contributed by atoms with Gasteiger partial charge < -0.3 is 29.9 Å². The average Bonchev–Trinajstić information content (AvgIpc) is 2.91. The van der Waals surface area contributed by atoms with E-state index in [1.807, 2.05) is 52.0 Å². The monoisotopic (exact) mass is 551 g/mol. The molecule has 218 valence electrons. The zero-order valence-corrected chi connectivity index (χ0v) is 24.8. The molecule has 4 rings (SSSR count). The van der Waals surface area contributed by atoms with Crippen molar-refractivity contribution in [2.45, 2.75) is 84.5 Å². The van der Waals surface area contributed by atoms with Crippen molar-refractivity contribution in [1.82, 2.24) is 15.6 Å². The summed E-state index contributed by atoms with van der Waals surface area (Å²) < 4.78 is 11.5. The second kappa shape index (κ2) is 13.4. The number of hydrogen-bond acceptors (Lipinski definition) is 7. The quantitative estimate of drug-likeness (QED) is 0.435. The number of nitrogens with one attached hydrogen (secondary N) is 2. The van der Waals surface area contributed by atoms with Gasteiger partial charge in [-0.2, -0.15) is 0 Å². The molecule has 9 heteroatoms. The highest BCUT2D eigenvalue weighted by Gasteiger charge is 2.27. The molecular formula is C31H45N5O4. The second-order valence-corrected chi connectivity index (χ2v) is 11.7. The topological polar surface area (TPSA) is 96.0 Å². The van der Waals surface area contributed by atoms with Gasteiger partial charge in [0.15, 0.2) is 11.5 Å². The van der Waals surface area contributed by atoms with Gasteiger partial charge in [0.1, 0.15) is 5.82 Å². The van der Waals surface area contributed by atoms with E-state index in [4.69, 9.17) is 14.5 Å². The molecule has 1 aromatic heterocycles. The largest absolute Gasteiger partial charge is 0.493 e. The maximum Gasteiger partial charge on any atom is 0.234 e. The van der Waals surface area contributed by atoms with Crippen molar-refractivity contribution in [3.63, 3.8) is 0 Å². The third-order valence-corrected chi connectivity index (χ3v) is 7.63. The number of benzene rings is 1. The van der Waals surface area contributed by atoms with Gasteiger partial charge in [-0.05, 0) is 94.7 Å². The van der Waals surface area contributed by atoms with Crippen LogP contribution in [0.4, 0.5) is 11.5 Å². The van der Waals surface area contributed by atoms with Crippen LogP contribution in [0.1, 0.15) is 64.5 Å². The highest BCUT2D eigenvalue weighted by atomic mass is 16.5. The number of nitrogens with zero attached hydrogens (tertiary/aromatic N) is 3. The van der Waals surface area contributed by atoms with Crippen LogP contribution < -0.4 is 29.9 Å². The van der Waals surface area contributed by atoms with Crippen LogP contribution in [0.15, 0.2) is 30.5 Å². The maximum atomic E-state index is 13.0. The zero-order valence-electron chi connectivity index (χ0n) is 24.8. The van der Waals surface area contributed by atoms with Gasteiger partial charge in [-0.3, -0.25) is 9.59 Å². The Kier molecular flexibility index (Phi) is 9.90. The number of ether oxygens (including phenoxy) is 2. The highest BCUT2D eigenvalue weighted by Crippen LogP contribution is 2.36. The lowest BCUT2D eigenvalue weighted by atomic mass is 9.85. The lowest BCUT2D eigenvalue weighted by Gasteiger charge is -2.32. The third-order valence-electron chi connectivity index (χ3n) is 7.63. The fourth-order valence-electron chi connectivity index (χ4n) is 5.62. The molecule has 0 bridgehead atoms. The van der Waals surface area contributed by atoms with Crippen LogP contribution in [0.2, 0.25) is 0 Å². The van der Waals surface area contributed by atoms with E-state index in [1.54, 1.807) is 18.2 Å². The Hall–Kier alpha value is -3.33. The van der Waals surface area contributed by atoms with Gasteiger partial charge in [-0.1, -0.05) is 0 Å². The summed E-state index contributed by atoms with van der Waals surface area (Å²) in [4.78, 5) is 33.7. The first-order chi connectivity index (χ1) is 19.1. The Morgan fingerprint density at radius 3 is 2.45 bits per heavy atom. The summed E-state index contributed by atoms with van der Waals surface area (Å²) in [5, 5.41) is 6.35. The minimum Gasteiger partial charge on any atom is -0.493 e. The molecule has 1 aliphatic heterocycles. The average molecular weight is 552 g/mol. The summed E-state index contributed by atoms with van der Waals surface area (Å²) in [6.07, 6.45) is 6.54. The molecule has 1 aliphatic carbocycles. The molecule has 1 saturated carbocycles. The van der Waals surface area contributed by atoms with E-state index >= 15 is 0 Å². The van der Waals surface area contributed by atoms with Crippen LogP contribution in [0.25, 0.3) is 0 Å². The molecule has 0 atom stereocenters. The Morgan fingerprint density at radius 2 is 1.82 bits per heavy atom. The van der Waals surface area contributed by atoms with E-state index in [0.717, 1.165) is 54.9 Å².